The van der Waals surface area contributed by atoms with Gasteiger partial charge in [0.1, 0.15) is 0 Å². The lowest BCUT2D eigenvalue weighted by atomic mass is 10.2. The Morgan fingerprint density at radius 3 is 3.17 bits per heavy atom. The highest BCUT2D eigenvalue weighted by atomic mass is 16.6. The van der Waals surface area contributed by atoms with Gasteiger partial charge in [0.25, 0.3) is 0 Å². The van der Waals surface area contributed by atoms with E-state index in [-0.39, 0.29) is 6.61 Å². The van der Waals surface area contributed by atoms with Crippen LogP contribution in [-0.2, 0) is 14.4 Å². The molecule has 1 fully saturated rings. The Hall–Kier alpha value is -1.10. The number of aliphatic carboxylic acids is 1. The molecule has 0 aromatic heterocycles. The van der Waals surface area contributed by atoms with E-state index in [1.807, 2.05) is 0 Å². The van der Waals surface area contributed by atoms with Crippen LogP contribution >= 0.6 is 0 Å². The first-order valence-corrected chi connectivity index (χ1v) is 3.76. The van der Waals surface area contributed by atoms with Crippen LogP contribution in [0.5, 0.6) is 0 Å². The highest BCUT2D eigenvalue weighted by molar-refractivity contribution is 5.85. The van der Waals surface area contributed by atoms with Gasteiger partial charge >= 0.3 is 5.97 Å². The molecule has 0 saturated carbocycles. The van der Waals surface area contributed by atoms with Gasteiger partial charge in [0, 0.05) is 6.61 Å². The summed E-state index contributed by atoms with van der Waals surface area (Å²) in [4.78, 5) is 14.6. The minimum Gasteiger partial charge on any atom is -0.479 e. The van der Waals surface area contributed by atoms with Crippen molar-refractivity contribution in [1.82, 2.24) is 0 Å². The minimum absolute atomic E-state index is 0.385. The van der Waals surface area contributed by atoms with Gasteiger partial charge in [-0.1, -0.05) is 5.16 Å². The molecule has 68 valence electrons. The average Bonchev–Trinajstić information content (AvgIpc) is 2.05. The summed E-state index contributed by atoms with van der Waals surface area (Å²) in [7, 11) is 0. The van der Waals surface area contributed by atoms with Crippen molar-refractivity contribution in [2.45, 2.75) is 12.8 Å². The monoisotopic (exact) mass is 173 g/mol. The molecule has 0 amide bonds. The second-order valence-corrected chi connectivity index (χ2v) is 2.48. The zero-order valence-electron chi connectivity index (χ0n) is 6.65. The van der Waals surface area contributed by atoms with Crippen LogP contribution in [0.4, 0.5) is 0 Å². The average molecular weight is 173 g/mol. The first-order chi connectivity index (χ1) is 5.79. The Balaban J connectivity index is 2.20. The summed E-state index contributed by atoms with van der Waals surface area (Å²) in [6.07, 6.45) is 1.76. The van der Waals surface area contributed by atoms with Gasteiger partial charge in [-0.15, -0.1) is 0 Å². The number of rotatable bonds is 3. The Labute approximate surface area is 70.0 Å². The van der Waals surface area contributed by atoms with Crippen LogP contribution in [-0.4, -0.2) is 36.6 Å². The van der Waals surface area contributed by atoms with Gasteiger partial charge in [-0.3, -0.25) is 0 Å². The number of ether oxygens (including phenoxy) is 1. The van der Waals surface area contributed by atoms with E-state index in [2.05, 4.69) is 9.99 Å². The molecular weight excluding hydrogens is 162 g/mol. The van der Waals surface area contributed by atoms with Crippen LogP contribution < -0.4 is 0 Å². The predicted octanol–water partition coefficient (Wildman–Crippen LogP) is 0.254. The maximum Gasteiger partial charge on any atom is 0.344 e. The molecule has 0 unspecified atom stereocenters. The van der Waals surface area contributed by atoms with Gasteiger partial charge in [0.2, 0.25) is 6.61 Å². The molecule has 1 saturated heterocycles. The van der Waals surface area contributed by atoms with Crippen molar-refractivity contribution in [3.05, 3.63) is 0 Å². The van der Waals surface area contributed by atoms with Gasteiger partial charge in [-0.25, -0.2) is 4.79 Å². The molecule has 0 spiro atoms. The molecule has 1 heterocycles. The number of hydrogen-bond acceptors (Lipinski definition) is 4. The summed E-state index contributed by atoms with van der Waals surface area (Å²) in [5.41, 5.74) is 0.780. The Bertz CT molecular complexity index is 182. The molecule has 0 radical (unpaired) electrons. The van der Waals surface area contributed by atoms with Crippen molar-refractivity contribution in [2.24, 2.45) is 5.16 Å². The molecule has 0 aromatic rings. The topological polar surface area (TPSA) is 68.1 Å². The molecule has 5 heteroatoms. The molecular formula is C7H11NO4. The smallest absolute Gasteiger partial charge is 0.344 e. The van der Waals surface area contributed by atoms with Gasteiger partial charge in [0.05, 0.1) is 12.3 Å². The summed E-state index contributed by atoms with van der Waals surface area (Å²) >= 11 is 0. The lowest BCUT2D eigenvalue weighted by molar-refractivity contribution is -0.142. The number of hydrogen-bond donors (Lipinski definition) is 1. The zero-order valence-corrected chi connectivity index (χ0v) is 6.65. The first-order valence-electron chi connectivity index (χ1n) is 3.76. The lowest BCUT2D eigenvalue weighted by Crippen LogP contribution is -2.17. The van der Waals surface area contributed by atoms with Crippen LogP contribution in [0, 0.1) is 0 Å². The summed E-state index contributed by atoms with van der Waals surface area (Å²) in [5.74, 6) is -1.02. The third kappa shape index (κ3) is 3.34. The summed E-state index contributed by atoms with van der Waals surface area (Å²) in [6.45, 7) is 0.821. The zero-order chi connectivity index (χ0) is 8.81. The molecule has 1 rings (SSSR count). The normalized spacial score (nSPS) is 20.8. The molecule has 12 heavy (non-hydrogen) atoms. The van der Waals surface area contributed by atoms with E-state index in [1.54, 1.807) is 0 Å². The van der Waals surface area contributed by atoms with Crippen molar-refractivity contribution in [3.8, 4) is 0 Å². The minimum atomic E-state index is -1.02. The molecule has 0 bridgehead atoms. The van der Waals surface area contributed by atoms with E-state index >= 15 is 0 Å². The molecule has 1 aliphatic heterocycles. The highest BCUT2D eigenvalue weighted by Gasteiger charge is 2.07. The van der Waals surface area contributed by atoms with Crippen LogP contribution in [0.2, 0.25) is 0 Å². The van der Waals surface area contributed by atoms with E-state index in [0.717, 1.165) is 25.2 Å². The second kappa shape index (κ2) is 4.71. The van der Waals surface area contributed by atoms with E-state index in [9.17, 15) is 4.79 Å². The molecule has 1 N–H and O–H groups in total. The second-order valence-electron chi connectivity index (χ2n) is 2.48. The fraction of sp³-hybridized carbons (Fsp3) is 0.714. The van der Waals surface area contributed by atoms with E-state index in [4.69, 9.17) is 9.84 Å². The highest BCUT2D eigenvalue weighted by Crippen LogP contribution is 2.02. The first kappa shape index (κ1) is 8.99. The number of carboxylic acid groups (broad SMARTS) is 1. The number of nitrogens with zero attached hydrogens (tertiary/aromatic N) is 1. The fourth-order valence-electron chi connectivity index (χ4n) is 0.891. The van der Waals surface area contributed by atoms with Gasteiger partial charge in [-0.2, -0.15) is 0 Å². The predicted molar refractivity (Wildman–Crippen MR) is 41.1 cm³/mol. The Kier molecular flexibility index (Phi) is 3.53. The van der Waals surface area contributed by atoms with Crippen LogP contribution in [0.25, 0.3) is 0 Å². The standard InChI is InChI=1S/C7H11NO4/c9-7(10)5-12-8-6-2-1-3-11-4-6/h1-5H2,(H,9,10). The number of carbonyl (C=O) groups is 1. The number of oxime groups is 1. The van der Waals surface area contributed by atoms with E-state index in [1.165, 1.54) is 0 Å². The lowest BCUT2D eigenvalue weighted by Gasteiger charge is -2.12. The third-order valence-corrected chi connectivity index (χ3v) is 1.40. The van der Waals surface area contributed by atoms with Crippen molar-refractivity contribution in [2.75, 3.05) is 19.8 Å². The van der Waals surface area contributed by atoms with Crippen molar-refractivity contribution in [3.63, 3.8) is 0 Å². The van der Waals surface area contributed by atoms with E-state index in [0.29, 0.717) is 6.61 Å². The van der Waals surface area contributed by atoms with E-state index < -0.39 is 5.97 Å². The SMILES string of the molecule is O=C(O)CON=C1CCCOC1. The number of carboxylic acids is 1. The van der Waals surface area contributed by atoms with Gasteiger partial charge in [-0.05, 0) is 12.8 Å². The van der Waals surface area contributed by atoms with Crippen LogP contribution in [0.3, 0.4) is 0 Å². The molecule has 5 nitrogen and oxygen atoms in total. The molecule has 0 aliphatic carbocycles. The Morgan fingerprint density at radius 1 is 1.75 bits per heavy atom. The van der Waals surface area contributed by atoms with Crippen LogP contribution in [0.1, 0.15) is 12.8 Å². The summed E-state index contributed by atoms with van der Waals surface area (Å²) < 4.78 is 5.08. The maximum absolute atomic E-state index is 10.0. The maximum atomic E-state index is 10.0. The van der Waals surface area contributed by atoms with Crippen molar-refractivity contribution >= 4 is 11.7 Å². The van der Waals surface area contributed by atoms with Crippen LogP contribution in [0.15, 0.2) is 5.16 Å². The fourth-order valence-corrected chi connectivity index (χ4v) is 0.891. The summed E-state index contributed by atoms with van der Waals surface area (Å²) in [5, 5.41) is 11.9. The third-order valence-electron chi connectivity index (χ3n) is 1.40. The van der Waals surface area contributed by atoms with Crippen molar-refractivity contribution in [1.29, 1.82) is 0 Å². The summed E-state index contributed by atoms with van der Waals surface area (Å²) in [6, 6.07) is 0. The van der Waals surface area contributed by atoms with Gasteiger partial charge < -0.3 is 14.7 Å². The quantitative estimate of drug-likeness (QED) is 0.621. The molecule has 0 atom stereocenters. The van der Waals surface area contributed by atoms with Gasteiger partial charge in [0.15, 0.2) is 0 Å². The molecule has 0 aromatic carbocycles. The largest absolute Gasteiger partial charge is 0.479 e. The Morgan fingerprint density at radius 2 is 2.58 bits per heavy atom. The molecule has 1 aliphatic rings. The van der Waals surface area contributed by atoms with Crippen molar-refractivity contribution < 1.29 is 19.5 Å².